The second-order valence-electron chi connectivity index (χ2n) is 11.2. The smallest absolute Gasteiger partial charge is 0.235 e. The third kappa shape index (κ3) is 3.80. The summed E-state index contributed by atoms with van der Waals surface area (Å²) in [7, 11) is 3.70. The van der Waals surface area contributed by atoms with Gasteiger partial charge in [0.05, 0.1) is 11.5 Å². The Morgan fingerprint density at radius 2 is 1.78 bits per heavy atom. The highest BCUT2D eigenvalue weighted by atomic mass is 16.3. The average Bonchev–Trinajstić information content (AvgIpc) is 2.83. The summed E-state index contributed by atoms with van der Waals surface area (Å²) in [5, 5.41) is 22.7. The summed E-state index contributed by atoms with van der Waals surface area (Å²) in [4.78, 5) is 69.1. The Kier molecular flexibility index (Phi) is 6.23. The van der Waals surface area contributed by atoms with Crippen LogP contribution in [0, 0.1) is 23.7 Å². The van der Waals surface area contributed by atoms with Crippen molar-refractivity contribution in [2.24, 2.45) is 29.4 Å². The molecular weight excluding hydrogens is 478 g/mol. The number of nitrogens with two attached hydrogens (primary N) is 1. The largest absolute Gasteiger partial charge is 0.507 e. The van der Waals surface area contributed by atoms with Gasteiger partial charge in [0.25, 0.3) is 0 Å². The fraction of sp³-hybridized carbons (Fsp3) is 0.593. The number of Topliss-reactive ketones (excluding diaryl/α,β-unsaturated/α-hetero) is 4. The lowest BCUT2D eigenvalue weighted by Gasteiger charge is -2.48. The van der Waals surface area contributed by atoms with E-state index < -0.39 is 58.3 Å². The first kappa shape index (κ1) is 25.5. The van der Waals surface area contributed by atoms with Crippen LogP contribution >= 0.6 is 0 Å². The molecule has 4 aliphatic rings. The van der Waals surface area contributed by atoms with Crippen molar-refractivity contribution < 1.29 is 34.2 Å². The molecule has 10 heteroatoms. The number of benzene rings is 1. The summed E-state index contributed by atoms with van der Waals surface area (Å²) in [6.07, 6.45) is 3.30. The van der Waals surface area contributed by atoms with E-state index in [1.807, 2.05) is 25.1 Å². The van der Waals surface area contributed by atoms with Gasteiger partial charge in [0, 0.05) is 44.2 Å². The third-order valence-electron chi connectivity index (χ3n) is 8.78. The second-order valence-corrected chi connectivity index (χ2v) is 11.2. The maximum absolute atomic E-state index is 13.9. The van der Waals surface area contributed by atoms with E-state index >= 15 is 0 Å². The van der Waals surface area contributed by atoms with Gasteiger partial charge in [0.1, 0.15) is 5.75 Å². The van der Waals surface area contributed by atoms with Gasteiger partial charge in [-0.05, 0) is 56.3 Å². The highest BCUT2D eigenvalue weighted by molar-refractivity contribution is 6.31. The number of primary amides is 1. The molecule has 1 aromatic rings. The van der Waals surface area contributed by atoms with Gasteiger partial charge in [-0.1, -0.05) is 6.42 Å². The molecule has 1 heterocycles. The predicted molar refractivity (Wildman–Crippen MR) is 132 cm³/mol. The number of likely N-dealkylation sites (tertiary alicyclic amines) is 1. The van der Waals surface area contributed by atoms with Crippen molar-refractivity contribution in [3.63, 3.8) is 0 Å². The Hall–Kier alpha value is -3.11. The van der Waals surface area contributed by atoms with E-state index in [1.165, 1.54) is 0 Å². The maximum Gasteiger partial charge on any atom is 0.235 e. The molecule has 0 bridgehead atoms. The van der Waals surface area contributed by atoms with Crippen molar-refractivity contribution >= 4 is 34.7 Å². The van der Waals surface area contributed by atoms with Crippen LogP contribution in [-0.2, 0) is 32.1 Å². The molecule has 198 valence electrons. The minimum absolute atomic E-state index is 0.0562. The molecule has 0 aromatic heterocycles. The van der Waals surface area contributed by atoms with E-state index in [9.17, 15) is 34.2 Å². The monoisotopic (exact) mass is 511 g/mol. The van der Waals surface area contributed by atoms with E-state index in [-0.39, 0.29) is 30.6 Å². The number of carbonyl (C=O) groups is 5. The van der Waals surface area contributed by atoms with Crippen LogP contribution in [0.15, 0.2) is 6.07 Å². The van der Waals surface area contributed by atoms with Crippen LogP contribution in [0.5, 0.6) is 5.75 Å². The van der Waals surface area contributed by atoms with Gasteiger partial charge < -0.3 is 20.8 Å². The number of rotatable bonds is 4. The Labute approximate surface area is 214 Å². The normalized spacial score (nSPS) is 32.0. The van der Waals surface area contributed by atoms with E-state index in [0.717, 1.165) is 38.0 Å². The molecule has 1 saturated heterocycles. The van der Waals surface area contributed by atoms with Gasteiger partial charge in [0.2, 0.25) is 5.91 Å². The quantitative estimate of drug-likeness (QED) is 0.486. The molecule has 3 fully saturated rings. The molecule has 1 aromatic carbocycles. The van der Waals surface area contributed by atoms with Gasteiger partial charge in [0.15, 0.2) is 34.7 Å². The first-order chi connectivity index (χ1) is 17.5. The molecule has 0 radical (unpaired) electrons. The van der Waals surface area contributed by atoms with Crippen molar-refractivity contribution in [3.05, 3.63) is 22.8 Å². The first-order valence-electron chi connectivity index (χ1n) is 12.9. The molecule has 2 unspecified atom stereocenters. The van der Waals surface area contributed by atoms with E-state index in [2.05, 4.69) is 4.90 Å². The van der Waals surface area contributed by atoms with Crippen LogP contribution in [0.4, 0.5) is 5.69 Å². The van der Waals surface area contributed by atoms with Gasteiger partial charge >= 0.3 is 0 Å². The molecule has 1 amide bonds. The summed E-state index contributed by atoms with van der Waals surface area (Å²) in [6, 6.07) is 1.89. The summed E-state index contributed by atoms with van der Waals surface area (Å²) in [5.74, 6) is -9.80. The van der Waals surface area contributed by atoms with Gasteiger partial charge in [-0.2, -0.15) is 0 Å². The van der Waals surface area contributed by atoms with Crippen molar-refractivity contribution in [3.8, 4) is 5.75 Å². The van der Waals surface area contributed by atoms with Crippen LogP contribution in [-0.4, -0.2) is 76.9 Å². The third-order valence-corrected chi connectivity index (χ3v) is 8.78. The number of piperidine rings is 1. The molecule has 2 saturated carbocycles. The van der Waals surface area contributed by atoms with Crippen LogP contribution in [0.1, 0.15) is 53.6 Å². The summed E-state index contributed by atoms with van der Waals surface area (Å²) < 4.78 is 0. The van der Waals surface area contributed by atoms with Crippen molar-refractivity contribution in [1.82, 2.24) is 4.90 Å². The SMILES string of the molecule is CN(C)c1cc(CN2CCCCC2)c(O)c2c1C[C@H]1C[C@H]3CC(=O)C(C(N)=O)C(=O)[C@@]3(O)C(=O)C1C2=O. The first-order valence-corrected chi connectivity index (χ1v) is 12.9. The average molecular weight is 512 g/mol. The number of aliphatic hydroxyl groups is 1. The van der Waals surface area contributed by atoms with Gasteiger partial charge in [-0.15, -0.1) is 0 Å². The molecular formula is C27H33N3O7. The molecule has 37 heavy (non-hydrogen) atoms. The standard InChI is InChI=1S/C27H33N3O7/c1-29(2)17-10-14(12-30-6-4-3-5-7-30)22(32)20-16(17)9-13-8-15-11-18(31)21(26(28)36)25(35)27(15,37)24(34)19(13)23(20)33/h10,13,15,19,21,32,37H,3-9,11-12H2,1-2H3,(H2,28,36)/t13-,15+,19?,21?,27+/m1/s1. The highest BCUT2D eigenvalue weighted by Gasteiger charge is 2.66. The zero-order chi connectivity index (χ0) is 26.8. The van der Waals surface area contributed by atoms with Crippen LogP contribution < -0.4 is 10.6 Å². The number of hydrogen-bond donors (Lipinski definition) is 3. The Morgan fingerprint density at radius 3 is 2.41 bits per heavy atom. The Bertz CT molecular complexity index is 1220. The zero-order valence-electron chi connectivity index (χ0n) is 21.2. The number of hydrogen-bond acceptors (Lipinski definition) is 9. The Balaban J connectivity index is 1.57. The van der Waals surface area contributed by atoms with E-state index in [0.29, 0.717) is 17.7 Å². The lowest BCUT2D eigenvalue weighted by Crippen LogP contribution is -2.68. The van der Waals surface area contributed by atoms with Crippen LogP contribution in [0.3, 0.4) is 0 Å². The number of anilines is 1. The molecule has 5 rings (SSSR count). The second kappa shape index (κ2) is 9.02. The van der Waals surface area contributed by atoms with Gasteiger partial charge in [-0.3, -0.25) is 28.9 Å². The number of fused-ring (bicyclic) bond motifs is 3. The fourth-order valence-corrected chi connectivity index (χ4v) is 6.95. The molecule has 1 aliphatic heterocycles. The minimum Gasteiger partial charge on any atom is -0.507 e. The lowest BCUT2D eigenvalue weighted by molar-refractivity contribution is -0.175. The van der Waals surface area contributed by atoms with Crippen LogP contribution in [0.25, 0.3) is 0 Å². The van der Waals surface area contributed by atoms with Crippen molar-refractivity contribution in [2.45, 2.75) is 50.7 Å². The van der Waals surface area contributed by atoms with Crippen LogP contribution in [0.2, 0.25) is 0 Å². The molecule has 5 atom stereocenters. The number of ketones is 4. The van der Waals surface area contributed by atoms with Gasteiger partial charge in [-0.25, -0.2) is 0 Å². The fourth-order valence-electron chi connectivity index (χ4n) is 6.95. The predicted octanol–water partition coefficient (Wildman–Crippen LogP) is 0.379. The van der Waals surface area contributed by atoms with E-state index in [4.69, 9.17) is 5.73 Å². The summed E-state index contributed by atoms with van der Waals surface area (Å²) >= 11 is 0. The molecule has 3 aliphatic carbocycles. The Morgan fingerprint density at radius 1 is 1.11 bits per heavy atom. The zero-order valence-corrected chi connectivity index (χ0v) is 21.2. The number of aromatic hydroxyl groups is 1. The molecule has 4 N–H and O–H groups in total. The van der Waals surface area contributed by atoms with Crippen molar-refractivity contribution in [1.29, 1.82) is 0 Å². The number of phenolic OH excluding ortho intramolecular Hbond substituents is 1. The minimum atomic E-state index is -2.63. The van der Waals surface area contributed by atoms with E-state index in [1.54, 1.807) is 0 Å². The number of amides is 1. The number of phenols is 1. The van der Waals surface area contributed by atoms with Crippen molar-refractivity contribution in [2.75, 3.05) is 32.1 Å². The summed E-state index contributed by atoms with van der Waals surface area (Å²) in [6.45, 7) is 2.24. The highest BCUT2D eigenvalue weighted by Crippen LogP contribution is 2.51. The number of nitrogens with zero attached hydrogens (tertiary/aromatic N) is 2. The summed E-state index contributed by atoms with van der Waals surface area (Å²) in [5.41, 5.74) is 4.65. The lowest BCUT2D eigenvalue weighted by atomic mass is 9.53. The molecule has 0 spiro atoms. The maximum atomic E-state index is 13.9. The topological polar surface area (TPSA) is 158 Å². The number of carbonyl (C=O) groups excluding carboxylic acids is 5. The molecule has 10 nitrogen and oxygen atoms in total.